The summed E-state index contributed by atoms with van der Waals surface area (Å²) in [5, 5.41) is 1.95. The van der Waals surface area contributed by atoms with Crippen molar-refractivity contribution in [3.63, 3.8) is 0 Å². The van der Waals surface area contributed by atoms with E-state index in [0.29, 0.717) is 17.8 Å². The number of rotatable bonds is 5. The van der Waals surface area contributed by atoms with Crippen molar-refractivity contribution in [1.82, 2.24) is 14.7 Å². The van der Waals surface area contributed by atoms with E-state index in [1.807, 2.05) is 17.5 Å². The Hall–Kier alpha value is -1.70. The number of hydrogen-bond acceptors (Lipinski definition) is 6. The predicted octanol–water partition coefficient (Wildman–Crippen LogP) is 1.64. The Labute approximate surface area is 158 Å². The van der Waals surface area contributed by atoms with Gasteiger partial charge in [0, 0.05) is 37.7 Å². The van der Waals surface area contributed by atoms with E-state index in [9.17, 15) is 9.59 Å². The third-order valence-corrected chi connectivity index (χ3v) is 6.34. The second-order valence-electron chi connectivity index (χ2n) is 6.98. The van der Waals surface area contributed by atoms with Crippen molar-refractivity contribution in [3.05, 3.63) is 28.1 Å². The minimum Gasteiger partial charge on any atom is -0.376 e. The van der Waals surface area contributed by atoms with Crippen molar-refractivity contribution < 1.29 is 14.3 Å². The smallest absolute Gasteiger partial charge is 0.277 e. The molecule has 1 atom stereocenters. The lowest BCUT2D eigenvalue weighted by Crippen LogP contribution is -2.47. The highest BCUT2D eigenvalue weighted by Gasteiger charge is 2.43. The predicted molar refractivity (Wildman–Crippen MR) is 101 cm³/mol. The van der Waals surface area contributed by atoms with Crippen molar-refractivity contribution in [3.8, 4) is 0 Å². The van der Waals surface area contributed by atoms with E-state index in [4.69, 9.17) is 4.74 Å². The third kappa shape index (κ3) is 3.19. The molecule has 4 rings (SSSR count). The van der Waals surface area contributed by atoms with Crippen LogP contribution in [-0.2, 0) is 14.3 Å². The highest BCUT2D eigenvalue weighted by molar-refractivity contribution is 7.11. The lowest BCUT2D eigenvalue weighted by molar-refractivity contribution is -0.139. The van der Waals surface area contributed by atoms with Gasteiger partial charge in [-0.15, -0.1) is 11.3 Å². The van der Waals surface area contributed by atoms with Crippen LogP contribution in [0.2, 0.25) is 0 Å². The fraction of sp³-hybridized carbons (Fsp3) is 0.579. The minimum atomic E-state index is -0.166. The molecule has 2 fully saturated rings. The van der Waals surface area contributed by atoms with Gasteiger partial charge in [-0.2, -0.15) is 0 Å². The summed E-state index contributed by atoms with van der Waals surface area (Å²) in [4.78, 5) is 33.1. The van der Waals surface area contributed by atoms with Gasteiger partial charge in [0.15, 0.2) is 0 Å². The summed E-state index contributed by atoms with van der Waals surface area (Å²) in [6, 6.07) is 3.86. The molecular weight excluding hydrogens is 350 g/mol. The molecule has 6 nitrogen and oxygen atoms in total. The van der Waals surface area contributed by atoms with Crippen LogP contribution in [0.25, 0.3) is 5.57 Å². The first kappa shape index (κ1) is 17.7. The van der Waals surface area contributed by atoms with Crippen molar-refractivity contribution in [2.75, 3.05) is 45.9 Å². The molecule has 1 aromatic heterocycles. The number of carbonyl (C=O) groups excluding carboxylic acids is 2. The van der Waals surface area contributed by atoms with Crippen LogP contribution in [0.1, 0.15) is 24.6 Å². The van der Waals surface area contributed by atoms with Gasteiger partial charge in [0.25, 0.3) is 11.8 Å². The number of likely N-dealkylation sites (N-methyl/N-ethyl adjacent to an activating group) is 1. The van der Waals surface area contributed by atoms with Gasteiger partial charge in [-0.05, 0) is 30.8 Å². The zero-order chi connectivity index (χ0) is 18.1. The number of thiophene rings is 1. The molecule has 7 heteroatoms. The molecular formula is C19H25N3O3S. The summed E-state index contributed by atoms with van der Waals surface area (Å²) >= 11 is 1.52. The summed E-state index contributed by atoms with van der Waals surface area (Å²) in [5.74, 6) is -0.320. The van der Waals surface area contributed by atoms with Gasteiger partial charge in [0.2, 0.25) is 0 Å². The van der Waals surface area contributed by atoms with Gasteiger partial charge in [0.05, 0.1) is 18.2 Å². The lowest BCUT2D eigenvalue weighted by atomic mass is 10.1. The first-order valence-electron chi connectivity index (χ1n) is 9.42. The van der Waals surface area contributed by atoms with E-state index >= 15 is 0 Å². The molecule has 26 heavy (non-hydrogen) atoms. The van der Waals surface area contributed by atoms with Crippen LogP contribution in [0.4, 0.5) is 0 Å². The summed E-state index contributed by atoms with van der Waals surface area (Å²) < 4.78 is 5.66. The van der Waals surface area contributed by atoms with E-state index in [2.05, 4.69) is 16.7 Å². The van der Waals surface area contributed by atoms with Crippen LogP contribution in [0.3, 0.4) is 0 Å². The molecule has 2 amide bonds. The first-order valence-corrected chi connectivity index (χ1v) is 10.3. The maximum Gasteiger partial charge on any atom is 0.277 e. The van der Waals surface area contributed by atoms with Crippen LogP contribution in [0.15, 0.2) is 23.2 Å². The lowest BCUT2D eigenvalue weighted by Gasteiger charge is -2.36. The number of ether oxygens (including phenoxy) is 1. The number of amides is 2. The molecule has 0 spiro atoms. The van der Waals surface area contributed by atoms with Gasteiger partial charge in [-0.3, -0.25) is 14.5 Å². The average Bonchev–Trinajstić information content (AvgIpc) is 3.40. The van der Waals surface area contributed by atoms with Crippen LogP contribution in [0, 0.1) is 0 Å². The van der Waals surface area contributed by atoms with E-state index in [1.54, 1.807) is 0 Å². The molecule has 3 aliphatic heterocycles. The van der Waals surface area contributed by atoms with Gasteiger partial charge in [-0.25, -0.2) is 0 Å². The molecule has 0 aliphatic carbocycles. The SMILES string of the molecule is CCN1CCN(C2=C(c3cccs3)C(=O)N(CC3CCCO3)C2=O)CC1. The molecule has 0 radical (unpaired) electrons. The highest BCUT2D eigenvalue weighted by atomic mass is 32.1. The average molecular weight is 375 g/mol. The summed E-state index contributed by atoms with van der Waals surface area (Å²) in [5.41, 5.74) is 1.17. The maximum atomic E-state index is 13.2. The Morgan fingerprint density at radius 2 is 2.00 bits per heavy atom. The molecule has 140 valence electrons. The van der Waals surface area contributed by atoms with Crippen molar-refractivity contribution >= 4 is 28.7 Å². The molecule has 0 bridgehead atoms. The quantitative estimate of drug-likeness (QED) is 0.733. The number of hydrogen-bond donors (Lipinski definition) is 0. The summed E-state index contributed by atoms with van der Waals surface area (Å²) in [7, 11) is 0. The Kier molecular flexibility index (Phi) is 5.11. The zero-order valence-corrected chi connectivity index (χ0v) is 16.0. The fourth-order valence-electron chi connectivity index (χ4n) is 3.95. The first-order chi connectivity index (χ1) is 12.7. The summed E-state index contributed by atoms with van der Waals surface area (Å²) in [6.07, 6.45) is 1.89. The molecule has 3 aliphatic rings. The zero-order valence-electron chi connectivity index (χ0n) is 15.1. The van der Waals surface area contributed by atoms with Crippen LogP contribution in [-0.4, -0.2) is 78.5 Å². The maximum absolute atomic E-state index is 13.2. The van der Waals surface area contributed by atoms with Crippen molar-refractivity contribution in [2.24, 2.45) is 0 Å². The normalized spacial score (nSPS) is 25.0. The largest absolute Gasteiger partial charge is 0.376 e. The van der Waals surface area contributed by atoms with Crippen molar-refractivity contribution in [2.45, 2.75) is 25.9 Å². The Balaban J connectivity index is 1.62. The number of nitrogens with zero attached hydrogens (tertiary/aromatic N) is 3. The second-order valence-corrected chi connectivity index (χ2v) is 7.93. The van der Waals surface area contributed by atoms with E-state index in [-0.39, 0.29) is 17.9 Å². The standard InChI is InChI=1S/C19H25N3O3S/c1-2-20-7-9-21(10-8-20)17-16(15-6-4-12-26-15)18(23)22(19(17)24)13-14-5-3-11-25-14/h4,6,12,14H,2-3,5,7-11,13H2,1H3. The van der Waals surface area contributed by atoms with Gasteiger partial charge >= 0.3 is 0 Å². The van der Waals surface area contributed by atoms with E-state index in [1.165, 1.54) is 16.2 Å². The molecule has 0 saturated carbocycles. The van der Waals surface area contributed by atoms with Crippen molar-refractivity contribution in [1.29, 1.82) is 0 Å². The molecule has 0 N–H and O–H groups in total. The Bertz CT molecular complexity index is 702. The fourth-order valence-corrected chi connectivity index (χ4v) is 4.71. The van der Waals surface area contributed by atoms with Gasteiger partial charge in [-0.1, -0.05) is 13.0 Å². The number of carbonyl (C=O) groups is 2. The summed E-state index contributed by atoms with van der Waals surface area (Å²) in [6.45, 7) is 7.66. The third-order valence-electron chi connectivity index (χ3n) is 5.46. The van der Waals surface area contributed by atoms with E-state index < -0.39 is 0 Å². The van der Waals surface area contributed by atoms with Crippen LogP contribution >= 0.6 is 11.3 Å². The number of piperazine rings is 1. The Morgan fingerprint density at radius 1 is 1.19 bits per heavy atom. The number of imide groups is 1. The van der Waals surface area contributed by atoms with Gasteiger partial charge in [0.1, 0.15) is 5.70 Å². The van der Waals surface area contributed by atoms with Crippen LogP contribution < -0.4 is 0 Å². The molecule has 1 aromatic rings. The monoisotopic (exact) mass is 375 g/mol. The van der Waals surface area contributed by atoms with Gasteiger partial charge < -0.3 is 14.5 Å². The molecule has 0 aromatic carbocycles. The second kappa shape index (κ2) is 7.50. The van der Waals surface area contributed by atoms with E-state index in [0.717, 1.165) is 57.0 Å². The highest BCUT2D eigenvalue weighted by Crippen LogP contribution is 2.35. The van der Waals surface area contributed by atoms with Crippen LogP contribution in [0.5, 0.6) is 0 Å². The Morgan fingerprint density at radius 3 is 2.62 bits per heavy atom. The topological polar surface area (TPSA) is 53.1 Å². The minimum absolute atomic E-state index is 0.0243. The molecule has 4 heterocycles. The molecule has 2 saturated heterocycles. The molecule has 1 unspecified atom stereocenters.